The van der Waals surface area contributed by atoms with Gasteiger partial charge in [0.2, 0.25) is 0 Å². The average molecular weight is 225 g/mol. The molecule has 0 radical (unpaired) electrons. The van der Waals surface area contributed by atoms with Crippen molar-refractivity contribution in [1.29, 1.82) is 0 Å². The van der Waals surface area contributed by atoms with Crippen molar-refractivity contribution in [3.05, 3.63) is 0 Å². The molecule has 1 nitrogen and oxygen atoms in total. The molecule has 0 aromatic rings. The van der Waals surface area contributed by atoms with Crippen LogP contribution in [0.4, 0.5) is 0 Å². The lowest BCUT2D eigenvalue weighted by Crippen LogP contribution is -2.31. The van der Waals surface area contributed by atoms with Crippen molar-refractivity contribution in [3.8, 4) is 0 Å². The van der Waals surface area contributed by atoms with Crippen LogP contribution >= 0.6 is 0 Å². The molecule has 1 aliphatic carbocycles. The first-order chi connectivity index (χ1) is 7.83. The van der Waals surface area contributed by atoms with Gasteiger partial charge in [-0.25, -0.2) is 0 Å². The van der Waals surface area contributed by atoms with E-state index in [1.807, 2.05) is 0 Å². The third-order valence-electron chi connectivity index (χ3n) is 3.97. The Balaban J connectivity index is 2.03. The second-order valence-electron chi connectivity index (χ2n) is 5.66. The molecule has 1 atom stereocenters. The third-order valence-corrected chi connectivity index (χ3v) is 3.97. The van der Waals surface area contributed by atoms with Crippen molar-refractivity contribution in [2.45, 2.75) is 84.1 Å². The van der Waals surface area contributed by atoms with Gasteiger partial charge in [0.05, 0.1) is 0 Å². The maximum atomic E-state index is 3.74. The van der Waals surface area contributed by atoms with E-state index in [9.17, 15) is 0 Å². The lowest BCUT2D eigenvalue weighted by molar-refractivity contribution is 0.386. The summed E-state index contributed by atoms with van der Waals surface area (Å²) in [6.45, 7) is 5.91. The summed E-state index contributed by atoms with van der Waals surface area (Å²) in [5.74, 6) is 0.969. The first kappa shape index (κ1) is 14.0. The Morgan fingerprint density at radius 3 is 2.38 bits per heavy atom. The van der Waals surface area contributed by atoms with E-state index in [2.05, 4.69) is 19.2 Å². The largest absolute Gasteiger partial charge is 0.314 e. The van der Waals surface area contributed by atoms with Crippen LogP contribution < -0.4 is 5.32 Å². The summed E-state index contributed by atoms with van der Waals surface area (Å²) in [7, 11) is 0. The third kappa shape index (κ3) is 6.52. The number of rotatable bonds is 7. The van der Waals surface area contributed by atoms with Crippen molar-refractivity contribution in [2.75, 3.05) is 6.54 Å². The molecular formula is C15H31N. The topological polar surface area (TPSA) is 12.0 Å². The Kier molecular flexibility index (Phi) is 7.92. The molecule has 0 aromatic carbocycles. The summed E-state index contributed by atoms with van der Waals surface area (Å²) in [4.78, 5) is 0. The molecule has 0 amide bonds. The van der Waals surface area contributed by atoms with Crippen LogP contribution in [0.3, 0.4) is 0 Å². The van der Waals surface area contributed by atoms with Gasteiger partial charge in [0.1, 0.15) is 0 Å². The van der Waals surface area contributed by atoms with E-state index < -0.39 is 0 Å². The quantitative estimate of drug-likeness (QED) is 0.496. The van der Waals surface area contributed by atoms with Gasteiger partial charge in [-0.05, 0) is 38.6 Å². The zero-order chi connectivity index (χ0) is 11.6. The smallest absolute Gasteiger partial charge is 0.00388 e. The van der Waals surface area contributed by atoms with E-state index in [-0.39, 0.29) is 0 Å². The highest BCUT2D eigenvalue weighted by Gasteiger charge is 2.12. The van der Waals surface area contributed by atoms with E-state index in [4.69, 9.17) is 0 Å². The maximum Gasteiger partial charge on any atom is 0.00388 e. The molecule has 1 unspecified atom stereocenters. The van der Waals surface area contributed by atoms with E-state index in [1.54, 1.807) is 0 Å². The molecule has 16 heavy (non-hydrogen) atoms. The molecule has 1 aliphatic rings. The highest BCUT2D eigenvalue weighted by Crippen LogP contribution is 2.22. The Labute approximate surface area is 102 Å². The van der Waals surface area contributed by atoms with Crippen LogP contribution in [0, 0.1) is 5.92 Å². The van der Waals surface area contributed by atoms with Crippen LogP contribution in [0.2, 0.25) is 0 Å². The van der Waals surface area contributed by atoms with Gasteiger partial charge < -0.3 is 5.32 Å². The lowest BCUT2D eigenvalue weighted by atomic mass is 10.00. The molecule has 0 bridgehead atoms. The maximum absolute atomic E-state index is 3.74. The Bertz CT molecular complexity index is 148. The van der Waals surface area contributed by atoms with E-state index >= 15 is 0 Å². The molecule has 0 spiro atoms. The van der Waals surface area contributed by atoms with Gasteiger partial charge in [-0.3, -0.25) is 0 Å². The molecular weight excluding hydrogens is 194 g/mol. The van der Waals surface area contributed by atoms with Crippen molar-refractivity contribution >= 4 is 0 Å². The molecule has 1 saturated carbocycles. The molecule has 1 rings (SSSR count). The minimum atomic E-state index is 0.731. The summed E-state index contributed by atoms with van der Waals surface area (Å²) < 4.78 is 0. The molecule has 0 saturated heterocycles. The summed E-state index contributed by atoms with van der Waals surface area (Å²) in [6.07, 6.45) is 14.3. The molecule has 0 heterocycles. The second kappa shape index (κ2) is 9.04. The molecule has 1 heteroatoms. The Morgan fingerprint density at radius 1 is 1.06 bits per heavy atom. The molecule has 0 aliphatic heterocycles. The van der Waals surface area contributed by atoms with Gasteiger partial charge in [-0.1, -0.05) is 51.9 Å². The fraction of sp³-hybridized carbons (Fsp3) is 1.00. The SMILES string of the molecule is CCCCCC(C)NCC1CCCCCC1. The standard InChI is InChI=1S/C15H31N/c1-3-4-7-10-14(2)16-13-15-11-8-5-6-9-12-15/h14-16H,3-13H2,1-2H3. The Morgan fingerprint density at radius 2 is 1.75 bits per heavy atom. The monoisotopic (exact) mass is 225 g/mol. The summed E-state index contributed by atoms with van der Waals surface area (Å²) >= 11 is 0. The average Bonchev–Trinajstić information content (AvgIpc) is 2.55. The normalized spacial score (nSPS) is 20.6. The highest BCUT2D eigenvalue weighted by molar-refractivity contribution is 4.69. The summed E-state index contributed by atoms with van der Waals surface area (Å²) in [6, 6.07) is 0.731. The van der Waals surface area contributed by atoms with Crippen LogP contribution in [-0.2, 0) is 0 Å². The fourth-order valence-corrected chi connectivity index (χ4v) is 2.74. The molecule has 1 fully saturated rings. The van der Waals surface area contributed by atoms with Crippen LogP contribution in [-0.4, -0.2) is 12.6 Å². The van der Waals surface area contributed by atoms with Crippen molar-refractivity contribution in [2.24, 2.45) is 5.92 Å². The predicted molar refractivity (Wildman–Crippen MR) is 72.8 cm³/mol. The number of hydrogen-bond acceptors (Lipinski definition) is 1. The minimum Gasteiger partial charge on any atom is -0.314 e. The fourth-order valence-electron chi connectivity index (χ4n) is 2.74. The molecule has 96 valence electrons. The van der Waals surface area contributed by atoms with Crippen molar-refractivity contribution in [1.82, 2.24) is 5.32 Å². The van der Waals surface area contributed by atoms with Gasteiger partial charge in [-0.2, -0.15) is 0 Å². The lowest BCUT2D eigenvalue weighted by Gasteiger charge is -2.19. The second-order valence-corrected chi connectivity index (χ2v) is 5.66. The van der Waals surface area contributed by atoms with Crippen LogP contribution in [0.15, 0.2) is 0 Å². The first-order valence-electron chi connectivity index (χ1n) is 7.56. The highest BCUT2D eigenvalue weighted by atomic mass is 14.9. The summed E-state index contributed by atoms with van der Waals surface area (Å²) in [5.41, 5.74) is 0. The zero-order valence-corrected chi connectivity index (χ0v) is 11.4. The number of hydrogen-bond donors (Lipinski definition) is 1. The predicted octanol–water partition coefficient (Wildman–Crippen LogP) is 4.52. The van der Waals surface area contributed by atoms with Gasteiger partial charge in [-0.15, -0.1) is 0 Å². The summed E-state index contributed by atoms with van der Waals surface area (Å²) in [5, 5.41) is 3.74. The molecule has 0 aromatic heterocycles. The van der Waals surface area contributed by atoms with E-state index in [1.165, 1.54) is 70.8 Å². The zero-order valence-electron chi connectivity index (χ0n) is 11.4. The van der Waals surface area contributed by atoms with Crippen molar-refractivity contribution < 1.29 is 0 Å². The van der Waals surface area contributed by atoms with Gasteiger partial charge in [0, 0.05) is 6.04 Å². The Hall–Kier alpha value is -0.0400. The number of nitrogens with one attached hydrogen (secondary N) is 1. The first-order valence-corrected chi connectivity index (χ1v) is 7.56. The van der Waals surface area contributed by atoms with Gasteiger partial charge in [0.25, 0.3) is 0 Å². The molecule has 1 N–H and O–H groups in total. The van der Waals surface area contributed by atoms with E-state index in [0.29, 0.717) is 0 Å². The van der Waals surface area contributed by atoms with Crippen LogP contribution in [0.5, 0.6) is 0 Å². The van der Waals surface area contributed by atoms with Crippen LogP contribution in [0.25, 0.3) is 0 Å². The van der Waals surface area contributed by atoms with Crippen molar-refractivity contribution in [3.63, 3.8) is 0 Å². The number of unbranched alkanes of at least 4 members (excludes halogenated alkanes) is 2. The van der Waals surface area contributed by atoms with E-state index in [0.717, 1.165) is 12.0 Å². The minimum absolute atomic E-state index is 0.731. The van der Waals surface area contributed by atoms with Gasteiger partial charge >= 0.3 is 0 Å². The van der Waals surface area contributed by atoms with Gasteiger partial charge in [0.15, 0.2) is 0 Å². The van der Waals surface area contributed by atoms with Crippen LogP contribution in [0.1, 0.15) is 78.1 Å².